The Morgan fingerprint density at radius 1 is 0.814 bits per heavy atom. The van der Waals surface area contributed by atoms with Gasteiger partial charge in [-0.15, -0.1) is 0 Å². The number of hydrogen-bond acceptors (Lipinski definition) is 7. The molecule has 1 fully saturated rings. The SMILES string of the molecule is COCC(=O)N1CCCCCCCN(Cc2cccc(OCCN3CCCCC3)c2)Cc2cc(-c3cncnc3)ccc21. The second-order valence-corrected chi connectivity index (χ2v) is 11.8. The normalized spacial score (nSPS) is 17.5. The van der Waals surface area contributed by atoms with E-state index in [4.69, 9.17) is 9.47 Å². The topological polar surface area (TPSA) is 71.0 Å². The van der Waals surface area contributed by atoms with Crippen LogP contribution in [-0.4, -0.2) is 78.7 Å². The number of carbonyl (C=O) groups is 1. The first-order chi connectivity index (χ1) is 21.2. The number of piperidine rings is 1. The predicted octanol–water partition coefficient (Wildman–Crippen LogP) is 5.95. The van der Waals surface area contributed by atoms with Gasteiger partial charge in [0.05, 0.1) is 0 Å². The molecule has 2 aromatic carbocycles. The molecule has 0 aliphatic carbocycles. The maximum atomic E-state index is 13.3. The molecule has 0 radical (unpaired) electrons. The minimum atomic E-state index is -0.00226. The summed E-state index contributed by atoms with van der Waals surface area (Å²) in [6, 6.07) is 14.9. The number of anilines is 1. The van der Waals surface area contributed by atoms with Crippen molar-refractivity contribution in [3.05, 3.63) is 72.3 Å². The maximum Gasteiger partial charge on any atom is 0.252 e. The van der Waals surface area contributed by atoms with E-state index in [-0.39, 0.29) is 12.5 Å². The summed E-state index contributed by atoms with van der Waals surface area (Å²) in [5, 5.41) is 0. The van der Waals surface area contributed by atoms with Crippen molar-refractivity contribution in [2.45, 2.75) is 64.5 Å². The number of hydrogen-bond donors (Lipinski definition) is 0. The molecule has 5 rings (SSSR count). The van der Waals surface area contributed by atoms with Crippen molar-refractivity contribution >= 4 is 11.6 Å². The largest absolute Gasteiger partial charge is 0.492 e. The number of amides is 1. The molecule has 3 aromatic rings. The molecule has 0 N–H and O–H groups in total. The lowest BCUT2D eigenvalue weighted by atomic mass is 10.0. The van der Waals surface area contributed by atoms with E-state index in [1.54, 1.807) is 13.4 Å². The first-order valence-corrected chi connectivity index (χ1v) is 16.0. The molecule has 0 unspecified atom stereocenters. The third-order valence-electron chi connectivity index (χ3n) is 8.51. The van der Waals surface area contributed by atoms with Crippen LogP contribution in [0.2, 0.25) is 0 Å². The van der Waals surface area contributed by atoms with Crippen molar-refractivity contribution in [1.82, 2.24) is 19.8 Å². The van der Waals surface area contributed by atoms with Gasteiger partial charge in [-0.1, -0.05) is 43.9 Å². The number of nitrogens with zero attached hydrogens (tertiary/aromatic N) is 5. The number of benzene rings is 2. The molecule has 0 spiro atoms. The molecule has 0 saturated carbocycles. The minimum Gasteiger partial charge on any atom is -0.492 e. The summed E-state index contributed by atoms with van der Waals surface area (Å²) >= 11 is 0. The van der Waals surface area contributed by atoms with Gasteiger partial charge in [-0.25, -0.2) is 9.97 Å². The molecule has 3 heterocycles. The van der Waals surface area contributed by atoms with Crippen LogP contribution in [-0.2, 0) is 22.6 Å². The van der Waals surface area contributed by atoms with E-state index >= 15 is 0 Å². The van der Waals surface area contributed by atoms with E-state index in [2.05, 4.69) is 62.2 Å². The van der Waals surface area contributed by atoms with Gasteiger partial charge < -0.3 is 14.4 Å². The Hall–Kier alpha value is -3.33. The molecule has 8 nitrogen and oxygen atoms in total. The standard InChI is InChI=1S/C35H47N5O3/c1-42-27-35(41)40-18-9-4-2-3-6-17-39(26-31-22-30(13-14-34(31)40)32-23-36-28-37-24-32)25-29-11-10-12-33(21-29)43-20-19-38-15-7-5-8-16-38/h10-14,21-24,28H,2-9,15-20,25-27H2,1H3. The molecule has 1 aromatic heterocycles. The Kier molecular flexibility index (Phi) is 11.9. The Balaban J connectivity index is 1.37. The molecule has 1 saturated heterocycles. The smallest absolute Gasteiger partial charge is 0.252 e. The lowest BCUT2D eigenvalue weighted by Crippen LogP contribution is -2.36. The van der Waals surface area contributed by atoms with Gasteiger partial charge in [0.1, 0.15) is 25.3 Å². The minimum absolute atomic E-state index is 0.00226. The second-order valence-electron chi connectivity index (χ2n) is 11.8. The molecule has 0 atom stereocenters. The molecule has 2 aliphatic rings. The highest BCUT2D eigenvalue weighted by molar-refractivity contribution is 5.95. The summed E-state index contributed by atoms with van der Waals surface area (Å²) in [4.78, 5) is 28.7. The fraction of sp³-hybridized carbons (Fsp3) is 0.514. The lowest BCUT2D eigenvalue weighted by Gasteiger charge is -2.30. The van der Waals surface area contributed by atoms with Crippen molar-refractivity contribution < 1.29 is 14.3 Å². The van der Waals surface area contributed by atoms with Crippen molar-refractivity contribution in [3.8, 4) is 16.9 Å². The summed E-state index contributed by atoms with van der Waals surface area (Å²) in [5.74, 6) is 0.935. The quantitative estimate of drug-likeness (QED) is 0.307. The Morgan fingerprint density at radius 2 is 1.53 bits per heavy atom. The summed E-state index contributed by atoms with van der Waals surface area (Å²) in [5.41, 5.74) is 5.34. The van der Waals surface area contributed by atoms with Crippen LogP contribution in [0.3, 0.4) is 0 Å². The van der Waals surface area contributed by atoms with E-state index < -0.39 is 0 Å². The number of carbonyl (C=O) groups excluding carboxylic acids is 1. The molecule has 43 heavy (non-hydrogen) atoms. The first-order valence-electron chi connectivity index (χ1n) is 16.0. The average Bonchev–Trinajstić information content (AvgIpc) is 3.03. The van der Waals surface area contributed by atoms with E-state index in [1.807, 2.05) is 17.3 Å². The number of rotatable bonds is 9. The first kappa shape index (κ1) is 31.1. The monoisotopic (exact) mass is 585 g/mol. The molecule has 8 heteroatoms. The van der Waals surface area contributed by atoms with Crippen LogP contribution >= 0.6 is 0 Å². The van der Waals surface area contributed by atoms with Crippen LogP contribution in [0.15, 0.2) is 61.2 Å². The summed E-state index contributed by atoms with van der Waals surface area (Å²) in [6.07, 6.45) is 14.8. The summed E-state index contributed by atoms with van der Waals surface area (Å²) < 4.78 is 11.5. The van der Waals surface area contributed by atoms with Gasteiger partial charge in [-0.3, -0.25) is 14.6 Å². The van der Waals surface area contributed by atoms with Crippen molar-refractivity contribution in [3.63, 3.8) is 0 Å². The second kappa shape index (κ2) is 16.5. The van der Waals surface area contributed by atoms with Gasteiger partial charge in [0, 0.05) is 56.9 Å². The molecule has 0 bridgehead atoms. The van der Waals surface area contributed by atoms with E-state index in [9.17, 15) is 4.79 Å². The lowest BCUT2D eigenvalue weighted by molar-refractivity contribution is -0.122. The van der Waals surface area contributed by atoms with Gasteiger partial charge in [0.15, 0.2) is 0 Å². The fourth-order valence-electron chi connectivity index (χ4n) is 6.24. The van der Waals surface area contributed by atoms with Crippen LogP contribution in [0.25, 0.3) is 11.1 Å². The average molecular weight is 586 g/mol. The van der Waals surface area contributed by atoms with Crippen LogP contribution in [0.1, 0.15) is 62.5 Å². The van der Waals surface area contributed by atoms with E-state index in [0.29, 0.717) is 6.54 Å². The van der Waals surface area contributed by atoms with Crippen molar-refractivity contribution in [2.75, 3.05) is 57.9 Å². The molecule has 230 valence electrons. The third kappa shape index (κ3) is 9.33. The molecular weight excluding hydrogens is 538 g/mol. The predicted molar refractivity (Wildman–Crippen MR) is 171 cm³/mol. The van der Waals surface area contributed by atoms with Crippen LogP contribution in [0.4, 0.5) is 5.69 Å². The summed E-state index contributed by atoms with van der Waals surface area (Å²) in [7, 11) is 1.58. The Labute approximate surface area is 257 Å². The van der Waals surface area contributed by atoms with Crippen LogP contribution in [0, 0.1) is 0 Å². The van der Waals surface area contributed by atoms with Crippen LogP contribution in [0.5, 0.6) is 5.75 Å². The zero-order valence-corrected chi connectivity index (χ0v) is 25.8. The zero-order chi connectivity index (χ0) is 29.7. The number of aromatic nitrogens is 2. The van der Waals surface area contributed by atoms with Gasteiger partial charge >= 0.3 is 0 Å². The highest BCUT2D eigenvalue weighted by atomic mass is 16.5. The number of likely N-dealkylation sites (tertiary alicyclic amines) is 1. The molecule has 1 amide bonds. The number of fused-ring (bicyclic) bond motifs is 1. The maximum absolute atomic E-state index is 13.3. The van der Waals surface area contributed by atoms with Gasteiger partial charge in [-0.2, -0.15) is 0 Å². The fourth-order valence-corrected chi connectivity index (χ4v) is 6.24. The summed E-state index contributed by atoms with van der Waals surface area (Å²) in [6.45, 7) is 7.38. The molecule has 2 aliphatic heterocycles. The van der Waals surface area contributed by atoms with Gasteiger partial charge in [0.25, 0.3) is 5.91 Å². The van der Waals surface area contributed by atoms with Gasteiger partial charge in [0.2, 0.25) is 0 Å². The van der Waals surface area contributed by atoms with E-state index in [1.165, 1.54) is 50.8 Å². The number of methoxy groups -OCH3 is 1. The van der Waals surface area contributed by atoms with Crippen molar-refractivity contribution in [1.29, 1.82) is 0 Å². The highest BCUT2D eigenvalue weighted by Crippen LogP contribution is 2.30. The highest BCUT2D eigenvalue weighted by Gasteiger charge is 2.21. The third-order valence-corrected chi connectivity index (χ3v) is 8.51. The Bertz CT molecular complexity index is 1280. The zero-order valence-electron chi connectivity index (χ0n) is 25.8. The number of ether oxygens (including phenoxy) is 2. The van der Waals surface area contributed by atoms with Crippen molar-refractivity contribution in [2.24, 2.45) is 0 Å². The van der Waals surface area contributed by atoms with Crippen LogP contribution < -0.4 is 9.64 Å². The van der Waals surface area contributed by atoms with Gasteiger partial charge in [-0.05, 0) is 86.3 Å². The van der Waals surface area contributed by atoms with E-state index in [0.717, 1.165) is 80.2 Å². The Morgan fingerprint density at radius 3 is 2.33 bits per heavy atom. The molecular formula is C35H47N5O3.